The molecule has 1 saturated heterocycles. The number of aromatic hydroxyl groups is 1. The molecule has 1 fully saturated rings. The van der Waals surface area contributed by atoms with Gasteiger partial charge in [0.05, 0.1) is 0 Å². The summed E-state index contributed by atoms with van der Waals surface area (Å²) in [7, 11) is 0. The fourth-order valence-electron chi connectivity index (χ4n) is 3.45. The van der Waals surface area contributed by atoms with Crippen molar-refractivity contribution in [3.63, 3.8) is 0 Å². The number of amides is 1. The first-order chi connectivity index (χ1) is 13.5. The largest absolute Gasteiger partial charge is 0.506 e. The highest BCUT2D eigenvalue weighted by molar-refractivity contribution is 9.10. The highest BCUT2D eigenvalue weighted by atomic mass is 79.9. The number of pyridine rings is 2. The highest BCUT2D eigenvalue weighted by Crippen LogP contribution is 2.28. The number of benzene rings is 1. The van der Waals surface area contributed by atoms with Crippen molar-refractivity contribution in [2.75, 3.05) is 23.3 Å². The standard InChI is InChI=1S/C20H19BrN4O3/c21-14-10-15(20(28)22-11-14)23-19(27)13-6-8-25(9-7-13)17-5-4-12-2-1-3-16(26)18(12)24-17/h1-5,10-11,13,26H,6-9H2,(H,22,28)(H,23,27). The average Bonchev–Trinajstić information content (AvgIpc) is 2.71. The Morgan fingerprint density at radius 3 is 2.82 bits per heavy atom. The number of nitrogens with zero attached hydrogens (tertiary/aromatic N) is 2. The molecule has 3 heterocycles. The average molecular weight is 443 g/mol. The van der Waals surface area contributed by atoms with E-state index in [0.717, 1.165) is 11.2 Å². The molecule has 0 atom stereocenters. The first-order valence-electron chi connectivity index (χ1n) is 9.04. The Balaban J connectivity index is 1.43. The van der Waals surface area contributed by atoms with E-state index in [1.165, 1.54) is 6.20 Å². The third-order valence-electron chi connectivity index (χ3n) is 5.00. The molecular formula is C20H19BrN4O3. The lowest BCUT2D eigenvalue weighted by molar-refractivity contribution is -0.120. The molecule has 8 heteroatoms. The Kier molecular flexibility index (Phi) is 5.04. The van der Waals surface area contributed by atoms with Crippen LogP contribution in [0.3, 0.4) is 0 Å². The van der Waals surface area contributed by atoms with E-state index in [-0.39, 0.29) is 28.8 Å². The molecule has 0 aliphatic carbocycles. The van der Waals surface area contributed by atoms with Crippen LogP contribution in [-0.4, -0.2) is 34.1 Å². The smallest absolute Gasteiger partial charge is 0.271 e. The lowest BCUT2D eigenvalue weighted by atomic mass is 9.95. The predicted octanol–water partition coefficient (Wildman–Crippen LogP) is 3.25. The topological polar surface area (TPSA) is 98.3 Å². The quantitative estimate of drug-likeness (QED) is 0.578. The molecule has 0 bridgehead atoms. The number of H-pyrrole nitrogens is 1. The second-order valence-corrected chi connectivity index (χ2v) is 7.75. The van der Waals surface area contributed by atoms with E-state index in [9.17, 15) is 14.7 Å². The van der Waals surface area contributed by atoms with E-state index in [1.54, 1.807) is 18.2 Å². The minimum Gasteiger partial charge on any atom is -0.506 e. The lowest BCUT2D eigenvalue weighted by Gasteiger charge is -2.32. The Morgan fingerprint density at radius 2 is 2.04 bits per heavy atom. The number of hydrogen-bond acceptors (Lipinski definition) is 5. The molecule has 1 aliphatic heterocycles. The second kappa shape index (κ2) is 7.63. The Labute approximate surface area is 169 Å². The number of nitrogens with one attached hydrogen (secondary N) is 2. The van der Waals surface area contributed by atoms with Gasteiger partial charge in [-0.3, -0.25) is 9.59 Å². The Bertz CT molecular complexity index is 1090. The van der Waals surface area contributed by atoms with Crippen molar-refractivity contribution in [1.29, 1.82) is 0 Å². The summed E-state index contributed by atoms with van der Waals surface area (Å²) >= 11 is 3.29. The number of rotatable bonds is 3. The molecule has 1 amide bonds. The van der Waals surface area contributed by atoms with E-state index in [0.29, 0.717) is 35.9 Å². The van der Waals surface area contributed by atoms with Gasteiger partial charge in [0.2, 0.25) is 5.91 Å². The molecule has 1 aromatic carbocycles. The molecule has 4 rings (SSSR count). The number of hydrogen-bond donors (Lipinski definition) is 3. The molecule has 0 unspecified atom stereocenters. The first kappa shape index (κ1) is 18.5. The molecule has 0 radical (unpaired) electrons. The van der Waals surface area contributed by atoms with E-state index in [2.05, 4.69) is 36.1 Å². The minimum absolute atomic E-state index is 0.146. The van der Waals surface area contributed by atoms with E-state index in [1.807, 2.05) is 18.2 Å². The van der Waals surface area contributed by atoms with E-state index >= 15 is 0 Å². The summed E-state index contributed by atoms with van der Waals surface area (Å²) in [6.07, 6.45) is 2.86. The number of aromatic nitrogens is 2. The van der Waals surface area contributed by atoms with Gasteiger partial charge in [0.1, 0.15) is 22.8 Å². The van der Waals surface area contributed by atoms with Gasteiger partial charge in [-0.25, -0.2) is 4.98 Å². The maximum Gasteiger partial charge on any atom is 0.271 e. The Hall–Kier alpha value is -2.87. The normalized spacial score (nSPS) is 15.0. The number of aromatic amines is 1. The van der Waals surface area contributed by atoms with Crippen LogP contribution >= 0.6 is 15.9 Å². The van der Waals surface area contributed by atoms with Gasteiger partial charge in [-0.2, -0.15) is 0 Å². The number of phenols is 1. The third-order valence-corrected chi connectivity index (χ3v) is 5.46. The summed E-state index contributed by atoms with van der Waals surface area (Å²) < 4.78 is 0.697. The first-order valence-corrected chi connectivity index (χ1v) is 9.83. The monoisotopic (exact) mass is 442 g/mol. The van der Waals surface area contributed by atoms with Crippen molar-refractivity contribution in [2.45, 2.75) is 12.8 Å². The van der Waals surface area contributed by atoms with Crippen LogP contribution in [-0.2, 0) is 4.79 Å². The fraction of sp³-hybridized carbons (Fsp3) is 0.250. The van der Waals surface area contributed by atoms with Gasteiger partial charge in [0.25, 0.3) is 5.56 Å². The molecular weight excluding hydrogens is 424 g/mol. The number of anilines is 2. The number of carbonyl (C=O) groups excluding carboxylic acids is 1. The summed E-state index contributed by atoms with van der Waals surface area (Å²) in [6.45, 7) is 1.36. The van der Waals surface area contributed by atoms with E-state index in [4.69, 9.17) is 0 Å². The summed E-state index contributed by atoms with van der Waals surface area (Å²) in [6, 6.07) is 10.8. The van der Waals surface area contributed by atoms with Crippen molar-refractivity contribution in [3.8, 4) is 5.75 Å². The minimum atomic E-state index is -0.325. The van der Waals surface area contributed by atoms with Crippen LogP contribution in [0, 0.1) is 5.92 Å². The zero-order valence-electron chi connectivity index (χ0n) is 15.0. The fourth-order valence-corrected chi connectivity index (χ4v) is 3.80. The lowest BCUT2D eigenvalue weighted by Crippen LogP contribution is -2.39. The number of piperidine rings is 1. The predicted molar refractivity (Wildman–Crippen MR) is 112 cm³/mol. The van der Waals surface area contributed by atoms with Gasteiger partial charge in [-0.1, -0.05) is 12.1 Å². The molecule has 7 nitrogen and oxygen atoms in total. The second-order valence-electron chi connectivity index (χ2n) is 6.83. The number of fused-ring (bicyclic) bond motifs is 1. The van der Waals surface area contributed by atoms with Crippen molar-refractivity contribution in [1.82, 2.24) is 9.97 Å². The maximum absolute atomic E-state index is 12.5. The highest BCUT2D eigenvalue weighted by Gasteiger charge is 2.26. The van der Waals surface area contributed by atoms with Crippen LogP contribution in [0.1, 0.15) is 12.8 Å². The van der Waals surface area contributed by atoms with Gasteiger partial charge < -0.3 is 20.3 Å². The third kappa shape index (κ3) is 3.73. The summed E-state index contributed by atoms with van der Waals surface area (Å²) in [5.41, 5.74) is 0.497. The van der Waals surface area contributed by atoms with Crippen molar-refractivity contribution >= 4 is 44.2 Å². The molecule has 28 heavy (non-hydrogen) atoms. The van der Waals surface area contributed by atoms with Gasteiger partial charge >= 0.3 is 0 Å². The molecule has 2 aromatic heterocycles. The van der Waals surface area contributed by atoms with Crippen LogP contribution in [0.15, 0.2) is 51.9 Å². The number of carbonyl (C=O) groups is 1. The number of halogens is 1. The van der Waals surface area contributed by atoms with Crippen LogP contribution < -0.4 is 15.8 Å². The number of phenolic OH excluding ortho intramolecular Hbond substituents is 1. The van der Waals surface area contributed by atoms with Crippen molar-refractivity contribution < 1.29 is 9.90 Å². The van der Waals surface area contributed by atoms with Crippen LogP contribution in [0.5, 0.6) is 5.75 Å². The Morgan fingerprint density at radius 1 is 1.25 bits per heavy atom. The molecule has 0 spiro atoms. The summed E-state index contributed by atoms with van der Waals surface area (Å²) in [5, 5.41) is 13.6. The van der Waals surface area contributed by atoms with Gasteiger partial charge in [-0.05, 0) is 53.0 Å². The molecule has 144 valence electrons. The van der Waals surface area contributed by atoms with Crippen LogP contribution in [0.2, 0.25) is 0 Å². The van der Waals surface area contributed by atoms with Gasteiger partial charge in [-0.15, -0.1) is 0 Å². The summed E-state index contributed by atoms with van der Waals surface area (Å²) in [5.74, 6) is 0.639. The van der Waals surface area contributed by atoms with Gasteiger partial charge in [0, 0.05) is 35.1 Å². The van der Waals surface area contributed by atoms with Crippen LogP contribution in [0.4, 0.5) is 11.5 Å². The van der Waals surface area contributed by atoms with Gasteiger partial charge in [0.15, 0.2) is 0 Å². The van der Waals surface area contributed by atoms with Crippen molar-refractivity contribution in [2.24, 2.45) is 5.92 Å². The molecule has 1 aliphatic rings. The van der Waals surface area contributed by atoms with E-state index < -0.39 is 0 Å². The molecule has 3 N–H and O–H groups in total. The maximum atomic E-state index is 12.5. The van der Waals surface area contributed by atoms with Crippen molar-refractivity contribution in [3.05, 3.63) is 57.4 Å². The number of para-hydroxylation sites is 1. The SMILES string of the molecule is O=C(Nc1cc(Br)c[nH]c1=O)C1CCN(c2ccc3cccc(O)c3n2)CC1. The molecule has 3 aromatic rings. The zero-order chi connectivity index (χ0) is 19.7. The molecule has 0 saturated carbocycles. The summed E-state index contributed by atoms with van der Waals surface area (Å²) in [4.78, 5) is 33.6. The van der Waals surface area contributed by atoms with Crippen LogP contribution in [0.25, 0.3) is 10.9 Å². The zero-order valence-corrected chi connectivity index (χ0v) is 16.6.